The first-order valence-corrected chi connectivity index (χ1v) is 9.18. The van der Waals surface area contributed by atoms with Gasteiger partial charge in [0.25, 0.3) is 0 Å². The molecule has 2 rings (SSSR count). The number of halogens is 1. The lowest BCUT2D eigenvalue weighted by Gasteiger charge is -2.33. The third-order valence-electron chi connectivity index (χ3n) is 3.76. The van der Waals surface area contributed by atoms with Gasteiger partial charge < -0.3 is 4.11 Å². The number of carbonyl (C=O) groups is 1. The van der Waals surface area contributed by atoms with E-state index in [9.17, 15) is 8.90 Å². The van der Waals surface area contributed by atoms with Crippen LogP contribution >= 0.6 is 0 Å². The van der Waals surface area contributed by atoms with Crippen molar-refractivity contribution in [2.75, 3.05) is 0 Å². The quantitative estimate of drug-likeness (QED) is 0.571. The first-order valence-electron chi connectivity index (χ1n) is 6.22. The van der Waals surface area contributed by atoms with E-state index in [4.69, 9.17) is 0 Å². The molecule has 17 heavy (non-hydrogen) atoms. The Morgan fingerprint density at radius 1 is 1.18 bits per heavy atom. The summed E-state index contributed by atoms with van der Waals surface area (Å²) in [6, 6.07) is 10.0. The number of benzene rings is 1. The molecule has 0 radical (unpaired) electrons. The van der Waals surface area contributed by atoms with Crippen molar-refractivity contribution in [3.63, 3.8) is 0 Å². The lowest BCUT2D eigenvalue weighted by Crippen LogP contribution is -2.33. The van der Waals surface area contributed by atoms with Crippen LogP contribution in [-0.4, -0.2) is 14.2 Å². The van der Waals surface area contributed by atoms with Gasteiger partial charge in [-0.2, -0.15) is 0 Å². The highest BCUT2D eigenvalue weighted by Crippen LogP contribution is 2.42. The van der Waals surface area contributed by atoms with E-state index in [-0.39, 0.29) is 17.2 Å². The van der Waals surface area contributed by atoms with Crippen molar-refractivity contribution in [2.24, 2.45) is 0 Å². The van der Waals surface area contributed by atoms with Crippen LogP contribution in [0.2, 0.25) is 18.6 Å². The molecule has 92 valence electrons. The Bertz CT molecular complexity index is 396. The lowest BCUT2D eigenvalue weighted by molar-refractivity contribution is -0.120. The molecule has 0 aromatic heterocycles. The van der Waals surface area contributed by atoms with Crippen LogP contribution in [0.15, 0.2) is 30.3 Å². The highest BCUT2D eigenvalue weighted by molar-refractivity contribution is 6.72. The van der Waals surface area contributed by atoms with Gasteiger partial charge in [-0.05, 0) is 36.5 Å². The average Bonchev–Trinajstić information content (AvgIpc) is 2.28. The molecule has 2 atom stereocenters. The zero-order valence-corrected chi connectivity index (χ0v) is 11.4. The Balaban J connectivity index is 2.17. The van der Waals surface area contributed by atoms with Crippen LogP contribution in [0, 0.1) is 0 Å². The fraction of sp³-hybridized carbons (Fsp3) is 0.500. The Morgan fingerprint density at radius 3 is 2.41 bits per heavy atom. The maximum Gasteiger partial charge on any atom is 0.244 e. The van der Waals surface area contributed by atoms with E-state index < -0.39 is 8.41 Å². The zero-order valence-electron chi connectivity index (χ0n) is 10.4. The number of Topliss-reactive ketones (excluding diaryl/α,β-unsaturated/α-hetero) is 1. The van der Waals surface area contributed by atoms with E-state index in [1.165, 1.54) is 5.56 Å². The van der Waals surface area contributed by atoms with Gasteiger partial charge in [0.2, 0.25) is 8.41 Å². The maximum absolute atomic E-state index is 14.1. The fourth-order valence-electron chi connectivity index (χ4n) is 2.65. The molecule has 1 aliphatic rings. The third-order valence-corrected chi connectivity index (χ3v) is 6.14. The van der Waals surface area contributed by atoms with Crippen molar-refractivity contribution in [1.29, 1.82) is 0 Å². The Labute approximate surface area is 103 Å². The highest BCUT2D eigenvalue weighted by atomic mass is 28.4. The van der Waals surface area contributed by atoms with Crippen LogP contribution in [0.5, 0.6) is 0 Å². The van der Waals surface area contributed by atoms with E-state index in [0.717, 1.165) is 6.42 Å². The molecular formula is C14H19FOSi. The molecule has 0 saturated heterocycles. The minimum atomic E-state index is -2.69. The van der Waals surface area contributed by atoms with Crippen LogP contribution in [0.3, 0.4) is 0 Å². The minimum Gasteiger partial charge on any atom is -0.314 e. The van der Waals surface area contributed by atoms with Crippen molar-refractivity contribution < 1.29 is 8.90 Å². The molecule has 0 N–H and O–H groups in total. The van der Waals surface area contributed by atoms with Crippen LogP contribution < -0.4 is 0 Å². The third kappa shape index (κ3) is 3.03. The molecule has 1 nitrogen and oxygen atoms in total. The Kier molecular flexibility index (Phi) is 3.47. The standard InChI is InChI=1S/C14H19FOSi/c1-17(2,15)14-9-12(8-13(16)10-14)11-6-4-3-5-7-11/h3-7,12,14H,8-10H2,1-2H3/t12-,14-/m0/s1. The molecule has 0 bridgehead atoms. The minimum absolute atomic E-state index is 0.00560. The molecule has 1 aromatic carbocycles. The summed E-state index contributed by atoms with van der Waals surface area (Å²) in [6.07, 6.45) is 1.88. The van der Waals surface area contributed by atoms with Gasteiger partial charge >= 0.3 is 0 Å². The number of hydrogen-bond donors (Lipinski definition) is 0. The largest absolute Gasteiger partial charge is 0.314 e. The number of carbonyl (C=O) groups excluding carboxylic acids is 1. The monoisotopic (exact) mass is 250 g/mol. The SMILES string of the molecule is C[Si](C)(F)[C@@H]1CC(=O)C[C@H](c2ccccc2)C1. The van der Waals surface area contributed by atoms with E-state index in [1.807, 2.05) is 30.3 Å². The van der Waals surface area contributed by atoms with Gasteiger partial charge in [0.15, 0.2) is 0 Å². The summed E-state index contributed by atoms with van der Waals surface area (Å²) in [7, 11) is -2.69. The normalized spacial score (nSPS) is 25.9. The molecule has 0 heterocycles. The van der Waals surface area contributed by atoms with Gasteiger partial charge in [0.1, 0.15) is 5.78 Å². The van der Waals surface area contributed by atoms with Gasteiger partial charge in [-0.25, -0.2) is 0 Å². The summed E-state index contributed by atoms with van der Waals surface area (Å²) in [4.78, 5) is 11.8. The van der Waals surface area contributed by atoms with Crippen molar-refractivity contribution in [3.05, 3.63) is 35.9 Å². The Hall–Kier alpha value is -0.963. The second-order valence-corrected chi connectivity index (χ2v) is 9.50. The molecule has 1 aliphatic carbocycles. The Morgan fingerprint density at radius 2 is 1.82 bits per heavy atom. The highest BCUT2D eigenvalue weighted by Gasteiger charge is 2.39. The average molecular weight is 250 g/mol. The van der Waals surface area contributed by atoms with E-state index >= 15 is 0 Å². The summed E-state index contributed by atoms with van der Waals surface area (Å²) in [5, 5.41) is 0. The molecular weight excluding hydrogens is 231 g/mol. The van der Waals surface area contributed by atoms with Crippen LogP contribution in [0.25, 0.3) is 0 Å². The van der Waals surface area contributed by atoms with Gasteiger partial charge in [0, 0.05) is 12.8 Å². The molecule has 0 amide bonds. The molecule has 0 spiro atoms. The molecule has 3 heteroatoms. The fourth-order valence-corrected chi connectivity index (χ4v) is 4.20. The van der Waals surface area contributed by atoms with Crippen molar-refractivity contribution >= 4 is 14.2 Å². The van der Waals surface area contributed by atoms with Crippen molar-refractivity contribution in [2.45, 2.75) is 43.8 Å². The van der Waals surface area contributed by atoms with Crippen LogP contribution in [0.1, 0.15) is 30.7 Å². The second-order valence-electron chi connectivity index (χ2n) is 5.55. The van der Waals surface area contributed by atoms with Crippen molar-refractivity contribution in [1.82, 2.24) is 0 Å². The van der Waals surface area contributed by atoms with E-state index in [1.54, 1.807) is 13.1 Å². The number of hydrogen-bond acceptors (Lipinski definition) is 1. The lowest BCUT2D eigenvalue weighted by atomic mass is 9.83. The first kappa shape index (κ1) is 12.5. The smallest absolute Gasteiger partial charge is 0.244 e. The maximum atomic E-state index is 14.1. The summed E-state index contributed by atoms with van der Waals surface area (Å²) >= 11 is 0. The molecule has 0 unspecified atom stereocenters. The summed E-state index contributed by atoms with van der Waals surface area (Å²) in [5.74, 6) is 0.457. The van der Waals surface area contributed by atoms with Gasteiger partial charge in [-0.1, -0.05) is 30.3 Å². The topological polar surface area (TPSA) is 17.1 Å². The summed E-state index contributed by atoms with van der Waals surface area (Å²) in [6.45, 7) is 3.44. The van der Waals surface area contributed by atoms with Gasteiger partial charge in [0.05, 0.1) is 0 Å². The van der Waals surface area contributed by atoms with E-state index in [2.05, 4.69) is 0 Å². The zero-order chi connectivity index (χ0) is 12.5. The number of rotatable bonds is 2. The first-order chi connectivity index (χ1) is 7.97. The molecule has 1 fully saturated rings. The van der Waals surface area contributed by atoms with Crippen molar-refractivity contribution in [3.8, 4) is 0 Å². The summed E-state index contributed by atoms with van der Waals surface area (Å²) in [5.41, 5.74) is 1.18. The van der Waals surface area contributed by atoms with E-state index in [0.29, 0.717) is 12.8 Å². The second kappa shape index (κ2) is 4.73. The van der Waals surface area contributed by atoms with Crippen LogP contribution in [0.4, 0.5) is 4.11 Å². The molecule has 0 aliphatic heterocycles. The summed E-state index contributed by atoms with van der Waals surface area (Å²) < 4.78 is 14.1. The molecule has 1 aromatic rings. The predicted octanol–water partition coefficient (Wildman–Crippen LogP) is 4.07. The predicted molar refractivity (Wildman–Crippen MR) is 70.4 cm³/mol. The van der Waals surface area contributed by atoms with Gasteiger partial charge in [-0.15, -0.1) is 0 Å². The van der Waals surface area contributed by atoms with Crippen LogP contribution in [-0.2, 0) is 4.79 Å². The number of ketones is 1. The molecule has 1 saturated carbocycles. The van der Waals surface area contributed by atoms with Gasteiger partial charge in [-0.3, -0.25) is 4.79 Å².